The van der Waals surface area contributed by atoms with Crippen molar-refractivity contribution < 1.29 is 28.9 Å². The summed E-state index contributed by atoms with van der Waals surface area (Å²) in [4.78, 5) is 25.3. The number of carbonyl (C=O) groups excluding carboxylic acids is 2. The van der Waals surface area contributed by atoms with Gasteiger partial charge in [0.1, 0.15) is 6.10 Å². The number of rotatable bonds is 6. The average molecular weight is 453 g/mol. The molecule has 0 unspecified atom stereocenters. The van der Waals surface area contributed by atoms with Crippen molar-refractivity contribution >= 4 is 11.8 Å². The lowest BCUT2D eigenvalue weighted by molar-refractivity contribution is -0.131. The fraction of sp³-hybridized carbons (Fsp3) is 0.440. The molecule has 3 N–H and O–H groups in total. The predicted octanol–water partition coefficient (Wildman–Crippen LogP) is 1.73. The van der Waals surface area contributed by atoms with Gasteiger partial charge < -0.3 is 30.0 Å². The second kappa shape index (κ2) is 9.41. The maximum absolute atomic E-state index is 12.7. The van der Waals surface area contributed by atoms with E-state index < -0.39 is 6.10 Å². The third-order valence-corrected chi connectivity index (χ3v) is 6.58. The van der Waals surface area contributed by atoms with Gasteiger partial charge in [-0.15, -0.1) is 0 Å². The van der Waals surface area contributed by atoms with Gasteiger partial charge in [0, 0.05) is 11.6 Å². The largest absolute Gasteiger partial charge is 0.454 e. The van der Waals surface area contributed by atoms with Gasteiger partial charge in [-0.05, 0) is 55.0 Å². The van der Waals surface area contributed by atoms with Crippen molar-refractivity contribution in [1.82, 2.24) is 10.6 Å². The Kier molecular flexibility index (Phi) is 6.20. The van der Waals surface area contributed by atoms with Crippen LogP contribution in [0.2, 0.25) is 0 Å². The van der Waals surface area contributed by atoms with Gasteiger partial charge in [0.05, 0.1) is 25.2 Å². The van der Waals surface area contributed by atoms with E-state index in [2.05, 4.69) is 22.8 Å². The molecule has 3 aliphatic rings. The smallest absolute Gasteiger partial charge is 0.251 e. The topological polar surface area (TPSA) is 106 Å². The molecule has 0 bridgehead atoms. The van der Waals surface area contributed by atoms with Crippen LogP contribution in [0, 0.1) is 0 Å². The molecule has 1 aliphatic carbocycles. The summed E-state index contributed by atoms with van der Waals surface area (Å²) >= 11 is 0. The standard InChI is InChI=1S/C25H28N2O6/c28-13-23-20(27-25(30)17-5-8-21-22(11-17)32-14-31-21)7-6-19(33-23)12-24(29)26-18-9-15-3-1-2-4-16(15)10-18/h1-5,8,11,18-20,23,28H,6-7,9-10,12-14H2,(H,26,29)(H,27,30)/t19-,20+,23+/m0/s1. The van der Waals surface area contributed by atoms with Crippen LogP contribution >= 0.6 is 0 Å². The molecule has 2 aliphatic heterocycles. The third-order valence-electron chi connectivity index (χ3n) is 6.58. The van der Waals surface area contributed by atoms with E-state index >= 15 is 0 Å². The number of nitrogens with one attached hydrogen (secondary N) is 2. The Bertz CT molecular complexity index is 1020. The first-order valence-corrected chi connectivity index (χ1v) is 11.4. The maximum Gasteiger partial charge on any atom is 0.251 e. The molecule has 5 rings (SSSR count). The van der Waals surface area contributed by atoms with E-state index in [0.717, 1.165) is 12.8 Å². The molecule has 33 heavy (non-hydrogen) atoms. The summed E-state index contributed by atoms with van der Waals surface area (Å²) in [5.41, 5.74) is 3.03. The lowest BCUT2D eigenvalue weighted by Gasteiger charge is -2.36. The highest BCUT2D eigenvalue weighted by Gasteiger charge is 2.34. The number of fused-ring (bicyclic) bond motifs is 2. The number of carbonyl (C=O) groups is 2. The van der Waals surface area contributed by atoms with E-state index in [4.69, 9.17) is 14.2 Å². The summed E-state index contributed by atoms with van der Waals surface area (Å²) < 4.78 is 16.6. The SMILES string of the molecule is O=C(C[C@@H]1CC[C@@H](NC(=O)c2ccc3c(c2)OCO3)[C@@H](CO)O1)NC1Cc2ccccc2C1. The van der Waals surface area contributed by atoms with E-state index in [1.54, 1.807) is 18.2 Å². The van der Waals surface area contributed by atoms with E-state index in [0.29, 0.717) is 29.9 Å². The number of amides is 2. The van der Waals surface area contributed by atoms with Gasteiger partial charge in [-0.25, -0.2) is 0 Å². The normalized spacial score (nSPS) is 23.7. The average Bonchev–Trinajstić information content (AvgIpc) is 3.45. The van der Waals surface area contributed by atoms with Crippen LogP contribution in [0.4, 0.5) is 0 Å². The van der Waals surface area contributed by atoms with E-state index in [1.807, 2.05) is 12.1 Å². The van der Waals surface area contributed by atoms with Crippen LogP contribution < -0.4 is 20.1 Å². The summed E-state index contributed by atoms with van der Waals surface area (Å²) in [5, 5.41) is 15.9. The summed E-state index contributed by atoms with van der Waals surface area (Å²) in [7, 11) is 0. The van der Waals surface area contributed by atoms with Crippen LogP contribution in [0.3, 0.4) is 0 Å². The molecule has 8 heteroatoms. The molecule has 1 saturated heterocycles. The van der Waals surface area contributed by atoms with Crippen molar-refractivity contribution in [3.63, 3.8) is 0 Å². The summed E-state index contributed by atoms with van der Waals surface area (Å²) in [6.45, 7) is -0.0890. The highest BCUT2D eigenvalue weighted by atomic mass is 16.7. The third kappa shape index (κ3) is 4.82. The first-order chi connectivity index (χ1) is 16.1. The van der Waals surface area contributed by atoms with E-state index in [9.17, 15) is 14.7 Å². The van der Waals surface area contributed by atoms with E-state index in [1.165, 1.54) is 11.1 Å². The molecular formula is C25H28N2O6. The number of aliphatic hydroxyl groups excluding tert-OH is 1. The first kappa shape index (κ1) is 21.7. The van der Waals surface area contributed by atoms with Crippen LogP contribution in [-0.2, 0) is 22.4 Å². The number of hydrogen-bond donors (Lipinski definition) is 3. The molecule has 2 aromatic rings. The molecule has 0 saturated carbocycles. The second-order valence-corrected chi connectivity index (χ2v) is 8.85. The van der Waals surface area contributed by atoms with Crippen molar-refractivity contribution in [3.8, 4) is 11.5 Å². The minimum Gasteiger partial charge on any atom is -0.454 e. The molecule has 2 heterocycles. The van der Waals surface area contributed by atoms with Crippen LogP contribution in [-0.4, -0.2) is 54.6 Å². The quantitative estimate of drug-likeness (QED) is 0.617. The van der Waals surface area contributed by atoms with Gasteiger partial charge in [-0.1, -0.05) is 24.3 Å². The summed E-state index contributed by atoms with van der Waals surface area (Å²) in [5.74, 6) is 0.843. The zero-order chi connectivity index (χ0) is 22.8. The highest BCUT2D eigenvalue weighted by molar-refractivity contribution is 5.95. The molecule has 1 fully saturated rings. The molecule has 174 valence electrons. The Balaban J connectivity index is 1.12. The van der Waals surface area contributed by atoms with Gasteiger partial charge in [0.15, 0.2) is 11.5 Å². The second-order valence-electron chi connectivity index (χ2n) is 8.85. The summed E-state index contributed by atoms with van der Waals surface area (Å²) in [6, 6.07) is 13.1. The number of benzene rings is 2. The van der Waals surface area contributed by atoms with Crippen molar-refractivity contribution in [2.45, 2.75) is 56.4 Å². The fourth-order valence-corrected chi connectivity index (χ4v) is 4.89. The Morgan fingerprint density at radius 1 is 0.970 bits per heavy atom. The van der Waals surface area contributed by atoms with Gasteiger partial charge in [0.2, 0.25) is 12.7 Å². The summed E-state index contributed by atoms with van der Waals surface area (Å²) in [6.07, 6.45) is 2.33. The van der Waals surface area contributed by atoms with Gasteiger partial charge in [0.25, 0.3) is 5.91 Å². The van der Waals surface area contributed by atoms with Crippen LogP contribution in [0.15, 0.2) is 42.5 Å². The van der Waals surface area contributed by atoms with Gasteiger partial charge >= 0.3 is 0 Å². The molecule has 0 radical (unpaired) electrons. The lowest BCUT2D eigenvalue weighted by Crippen LogP contribution is -2.51. The van der Waals surface area contributed by atoms with Crippen LogP contribution in [0.1, 0.15) is 40.7 Å². The predicted molar refractivity (Wildman–Crippen MR) is 119 cm³/mol. The van der Waals surface area contributed by atoms with Crippen molar-refractivity contribution in [1.29, 1.82) is 0 Å². The molecule has 3 atom stereocenters. The molecule has 2 amide bonds. The minimum absolute atomic E-state index is 0.0441. The Labute approximate surface area is 192 Å². The molecular weight excluding hydrogens is 424 g/mol. The lowest BCUT2D eigenvalue weighted by atomic mass is 9.96. The van der Waals surface area contributed by atoms with E-state index in [-0.39, 0.29) is 49.8 Å². The Morgan fingerprint density at radius 3 is 2.48 bits per heavy atom. The zero-order valence-corrected chi connectivity index (χ0v) is 18.3. The molecule has 0 spiro atoms. The Morgan fingerprint density at radius 2 is 1.73 bits per heavy atom. The maximum atomic E-state index is 12.7. The van der Waals surface area contributed by atoms with Crippen molar-refractivity contribution in [2.24, 2.45) is 0 Å². The molecule has 2 aromatic carbocycles. The monoisotopic (exact) mass is 452 g/mol. The molecule has 8 nitrogen and oxygen atoms in total. The number of ether oxygens (including phenoxy) is 3. The fourth-order valence-electron chi connectivity index (χ4n) is 4.89. The first-order valence-electron chi connectivity index (χ1n) is 11.4. The van der Waals surface area contributed by atoms with Gasteiger partial charge in [-0.3, -0.25) is 9.59 Å². The highest BCUT2D eigenvalue weighted by Crippen LogP contribution is 2.32. The van der Waals surface area contributed by atoms with Crippen LogP contribution in [0.5, 0.6) is 11.5 Å². The van der Waals surface area contributed by atoms with Gasteiger partial charge in [-0.2, -0.15) is 0 Å². The Hall–Kier alpha value is -3.10. The number of hydrogen-bond acceptors (Lipinski definition) is 6. The number of aliphatic hydroxyl groups is 1. The molecule has 0 aromatic heterocycles. The van der Waals surface area contributed by atoms with Crippen molar-refractivity contribution in [3.05, 3.63) is 59.2 Å². The minimum atomic E-state index is -0.565. The zero-order valence-electron chi connectivity index (χ0n) is 18.3. The van der Waals surface area contributed by atoms with Crippen LogP contribution in [0.25, 0.3) is 0 Å². The van der Waals surface area contributed by atoms with Crippen molar-refractivity contribution in [2.75, 3.05) is 13.4 Å².